The van der Waals surface area contributed by atoms with Gasteiger partial charge >= 0.3 is 0 Å². The van der Waals surface area contributed by atoms with Crippen molar-refractivity contribution in [2.75, 3.05) is 13.2 Å². The summed E-state index contributed by atoms with van der Waals surface area (Å²) in [6.45, 7) is 4.09. The highest BCUT2D eigenvalue weighted by molar-refractivity contribution is 5.87. The third-order valence-electron chi connectivity index (χ3n) is 3.65. The van der Waals surface area contributed by atoms with E-state index in [-0.39, 0.29) is 18.4 Å². The molecular formula is C20H24N2O3. The largest absolute Gasteiger partial charge is 0.484 e. The van der Waals surface area contributed by atoms with Gasteiger partial charge in [0, 0.05) is 6.54 Å². The van der Waals surface area contributed by atoms with Crippen LogP contribution in [0.15, 0.2) is 54.6 Å². The third-order valence-corrected chi connectivity index (χ3v) is 3.65. The summed E-state index contributed by atoms with van der Waals surface area (Å²) in [6, 6.07) is 17.0. The molecule has 132 valence electrons. The first-order valence-electron chi connectivity index (χ1n) is 8.45. The molecule has 2 amide bonds. The van der Waals surface area contributed by atoms with Gasteiger partial charge in [0.05, 0.1) is 0 Å². The van der Waals surface area contributed by atoms with E-state index in [4.69, 9.17) is 4.74 Å². The maximum atomic E-state index is 11.9. The zero-order valence-electron chi connectivity index (χ0n) is 14.6. The van der Waals surface area contributed by atoms with E-state index in [1.165, 1.54) is 0 Å². The van der Waals surface area contributed by atoms with Crippen LogP contribution in [0.4, 0.5) is 0 Å². The number of benzene rings is 2. The van der Waals surface area contributed by atoms with Crippen molar-refractivity contribution in [3.8, 4) is 16.9 Å². The second-order valence-electron chi connectivity index (χ2n) is 5.76. The van der Waals surface area contributed by atoms with E-state index in [0.717, 1.165) is 17.5 Å². The van der Waals surface area contributed by atoms with Gasteiger partial charge in [-0.05, 0) is 36.6 Å². The van der Waals surface area contributed by atoms with E-state index >= 15 is 0 Å². The smallest absolute Gasteiger partial charge is 0.258 e. The molecule has 0 radical (unpaired) electrons. The lowest BCUT2D eigenvalue weighted by molar-refractivity contribution is -0.129. The first-order chi connectivity index (χ1) is 12.1. The lowest BCUT2D eigenvalue weighted by Crippen LogP contribution is -2.46. The third kappa shape index (κ3) is 5.95. The van der Waals surface area contributed by atoms with Gasteiger partial charge in [-0.25, -0.2) is 0 Å². The first kappa shape index (κ1) is 18.5. The maximum Gasteiger partial charge on any atom is 0.258 e. The van der Waals surface area contributed by atoms with Crippen molar-refractivity contribution in [2.24, 2.45) is 0 Å². The van der Waals surface area contributed by atoms with Gasteiger partial charge in [0.2, 0.25) is 5.91 Å². The maximum absolute atomic E-state index is 11.9. The minimum Gasteiger partial charge on any atom is -0.484 e. The predicted molar refractivity (Wildman–Crippen MR) is 98.3 cm³/mol. The summed E-state index contributed by atoms with van der Waals surface area (Å²) in [7, 11) is 0. The Balaban J connectivity index is 1.81. The van der Waals surface area contributed by atoms with Gasteiger partial charge < -0.3 is 15.4 Å². The molecule has 0 saturated carbocycles. The van der Waals surface area contributed by atoms with Crippen molar-refractivity contribution >= 4 is 11.8 Å². The summed E-state index contributed by atoms with van der Waals surface area (Å²) in [4.78, 5) is 23.6. The molecule has 5 nitrogen and oxygen atoms in total. The molecule has 0 bridgehead atoms. The second kappa shape index (κ2) is 9.47. The van der Waals surface area contributed by atoms with E-state index < -0.39 is 6.04 Å². The molecule has 0 aliphatic rings. The van der Waals surface area contributed by atoms with Crippen molar-refractivity contribution in [3.05, 3.63) is 54.6 Å². The van der Waals surface area contributed by atoms with Crippen LogP contribution >= 0.6 is 0 Å². The van der Waals surface area contributed by atoms with Crippen LogP contribution in [0.1, 0.15) is 20.3 Å². The fourth-order valence-corrected chi connectivity index (χ4v) is 2.27. The summed E-state index contributed by atoms with van der Waals surface area (Å²) in [5.41, 5.74) is 2.21. The zero-order chi connectivity index (χ0) is 18.1. The van der Waals surface area contributed by atoms with Crippen LogP contribution in [0.25, 0.3) is 11.1 Å². The first-order valence-corrected chi connectivity index (χ1v) is 8.45. The van der Waals surface area contributed by atoms with E-state index in [9.17, 15) is 9.59 Å². The zero-order valence-corrected chi connectivity index (χ0v) is 14.6. The Kier molecular flexibility index (Phi) is 7.01. The molecule has 2 aromatic rings. The summed E-state index contributed by atoms with van der Waals surface area (Å²) in [5, 5.41) is 5.36. The average Bonchev–Trinajstić information content (AvgIpc) is 2.65. The van der Waals surface area contributed by atoms with Crippen LogP contribution in [0.5, 0.6) is 5.75 Å². The van der Waals surface area contributed by atoms with Crippen LogP contribution in [0.2, 0.25) is 0 Å². The molecule has 0 heterocycles. The number of carbonyl (C=O) groups excluding carboxylic acids is 2. The van der Waals surface area contributed by atoms with Crippen LogP contribution in [0, 0.1) is 0 Å². The molecule has 2 aromatic carbocycles. The van der Waals surface area contributed by atoms with Crippen molar-refractivity contribution in [2.45, 2.75) is 26.3 Å². The van der Waals surface area contributed by atoms with E-state index in [1.54, 1.807) is 6.92 Å². The lowest BCUT2D eigenvalue weighted by atomic mass is 10.1. The second-order valence-corrected chi connectivity index (χ2v) is 5.76. The van der Waals surface area contributed by atoms with Crippen molar-refractivity contribution in [1.29, 1.82) is 0 Å². The van der Waals surface area contributed by atoms with E-state index in [2.05, 4.69) is 10.6 Å². The minimum absolute atomic E-state index is 0.129. The Morgan fingerprint density at radius 2 is 1.64 bits per heavy atom. The number of ether oxygens (including phenoxy) is 1. The molecule has 0 spiro atoms. The highest BCUT2D eigenvalue weighted by atomic mass is 16.5. The Morgan fingerprint density at radius 3 is 2.28 bits per heavy atom. The molecule has 25 heavy (non-hydrogen) atoms. The number of hydrogen-bond acceptors (Lipinski definition) is 3. The molecular weight excluding hydrogens is 316 g/mol. The van der Waals surface area contributed by atoms with Crippen LogP contribution in [0.3, 0.4) is 0 Å². The average molecular weight is 340 g/mol. The lowest BCUT2D eigenvalue weighted by Gasteiger charge is -2.14. The minimum atomic E-state index is -0.580. The molecule has 2 N–H and O–H groups in total. The van der Waals surface area contributed by atoms with Gasteiger partial charge in [0.25, 0.3) is 5.91 Å². The van der Waals surface area contributed by atoms with E-state index in [1.807, 2.05) is 61.5 Å². The molecule has 2 rings (SSSR count). The van der Waals surface area contributed by atoms with Gasteiger partial charge in [-0.1, -0.05) is 49.4 Å². The van der Waals surface area contributed by atoms with Crippen molar-refractivity contribution < 1.29 is 14.3 Å². The van der Waals surface area contributed by atoms with Crippen LogP contribution in [-0.2, 0) is 9.59 Å². The fourth-order valence-electron chi connectivity index (χ4n) is 2.27. The van der Waals surface area contributed by atoms with Crippen molar-refractivity contribution in [3.63, 3.8) is 0 Å². The summed E-state index contributed by atoms with van der Waals surface area (Å²) >= 11 is 0. The molecule has 0 unspecified atom stereocenters. The van der Waals surface area contributed by atoms with Crippen LogP contribution < -0.4 is 15.4 Å². The Hall–Kier alpha value is -2.82. The summed E-state index contributed by atoms with van der Waals surface area (Å²) in [5.74, 6) is 0.0895. The highest BCUT2D eigenvalue weighted by Crippen LogP contribution is 2.21. The SMILES string of the molecule is CCCNC(=O)[C@@H](C)NC(=O)COc1ccc(-c2ccccc2)cc1. The molecule has 0 fully saturated rings. The normalized spacial score (nSPS) is 11.4. The predicted octanol–water partition coefficient (Wildman–Crippen LogP) is 2.76. The molecule has 0 saturated heterocycles. The number of carbonyl (C=O) groups is 2. The molecule has 5 heteroatoms. The number of amides is 2. The van der Waals surface area contributed by atoms with Gasteiger partial charge in [0.15, 0.2) is 6.61 Å². The number of rotatable bonds is 8. The van der Waals surface area contributed by atoms with Crippen LogP contribution in [-0.4, -0.2) is 31.0 Å². The molecule has 1 atom stereocenters. The summed E-state index contributed by atoms with van der Waals surface area (Å²) < 4.78 is 5.48. The molecule has 0 aliphatic heterocycles. The molecule has 0 aliphatic carbocycles. The van der Waals surface area contributed by atoms with Gasteiger partial charge in [-0.15, -0.1) is 0 Å². The Labute approximate surface area is 148 Å². The number of nitrogens with one attached hydrogen (secondary N) is 2. The number of hydrogen-bond donors (Lipinski definition) is 2. The standard InChI is InChI=1S/C20H24N2O3/c1-3-13-21-20(24)15(2)22-19(23)14-25-18-11-9-17(10-12-18)16-7-5-4-6-8-16/h4-12,15H,3,13-14H2,1-2H3,(H,21,24)(H,22,23)/t15-/m1/s1. The monoisotopic (exact) mass is 340 g/mol. The quantitative estimate of drug-likeness (QED) is 0.776. The van der Waals surface area contributed by atoms with Gasteiger partial charge in [-0.2, -0.15) is 0 Å². The summed E-state index contributed by atoms with van der Waals surface area (Å²) in [6.07, 6.45) is 0.856. The van der Waals surface area contributed by atoms with Gasteiger partial charge in [0.1, 0.15) is 11.8 Å². The topological polar surface area (TPSA) is 67.4 Å². The Bertz CT molecular complexity index is 684. The van der Waals surface area contributed by atoms with Gasteiger partial charge in [-0.3, -0.25) is 9.59 Å². The highest BCUT2D eigenvalue weighted by Gasteiger charge is 2.15. The molecule has 0 aromatic heterocycles. The van der Waals surface area contributed by atoms with E-state index in [0.29, 0.717) is 12.3 Å². The Morgan fingerprint density at radius 1 is 1.00 bits per heavy atom. The van der Waals surface area contributed by atoms with Crippen molar-refractivity contribution in [1.82, 2.24) is 10.6 Å². The fraction of sp³-hybridized carbons (Fsp3) is 0.300.